The van der Waals surface area contributed by atoms with Crippen molar-refractivity contribution in [2.24, 2.45) is 0 Å². The fourth-order valence-corrected chi connectivity index (χ4v) is 7.00. The number of rotatable bonds is 6. The summed E-state index contributed by atoms with van der Waals surface area (Å²) in [4.78, 5) is 0. The molecule has 0 aliphatic rings. The van der Waals surface area contributed by atoms with Crippen LogP contribution in [0.1, 0.15) is 0 Å². The molecule has 7 aromatic carbocycles. The van der Waals surface area contributed by atoms with Gasteiger partial charge in [0, 0.05) is 33.0 Å². The number of aromatic nitrogens is 3. The molecule has 4 nitrogen and oxygen atoms in total. The maximum Gasteiger partial charge on any atom is 0.136 e. The van der Waals surface area contributed by atoms with Crippen LogP contribution in [0, 0.1) is 0 Å². The Labute approximate surface area is 284 Å². The number of furan rings is 1. The average molecular weight is 628 g/mol. The molecule has 0 aliphatic heterocycles. The van der Waals surface area contributed by atoms with Gasteiger partial charge in [-0.25, -0.2) is 0 Å². The Bertz CT molecular complexity index is 2590. The summed E-state index contributed by atoms with van der Waals surface area (Å²) in [5.74, 6) is 0. The maximum atomic E-state index is 6.44. The van der Waals surface area contributed by atoms with E-state index >= 15 is 0 Å². The van der Waals surface area contributed by atoms with Crippen LogP contribution >= 0.6 is 0 Å². The van der Waals surface area contributed by atoms with Crippen molar-refractivity contribution < 1.29 is 4.42 Å². The maximum absolute atomic E-state index is 6.44. The van der Waals surface area contributed by atoms with Gasteiger partial charge in [0.2, 0.25) is 0 Å². The quantitative estimate of drug-likeness (QED) is 0.184. The van der Waals surface area contributed by atoms with Gasteiger partial charge in [-0.15, -0.1) is 10.2 Å². The van der Waals surface area contributed by atoms with Crippen LogP contribution in [-0.2, 0) is 0 Å². The topological polar surface area (TPSA) is 51.8 Å². The molecule has 0 aliphatic carbocycles. The molecule has 9 aromatic rings. The van der Waals surface area contributed by atoms with Gasteiger partial charge >= 0.3 is 0 Å². The minimum absolute atomic E-state index is 0.762. The zero-order chi connectivity index (χ0) is 32.6. The van der Waals surface area contributed by atoms with E-state index in [4.69, 9.17) is 14.6 Å². The largest absolute Gasteiger partial charge is 0.456 e. The van der Waals surface area contributed by atoms with Crippen LogP contribution in [-0.4, -0.2) is 15.4 Å². The van der Waals surface area contributed by atoms with E-state index in [1.54, 1.807) is 0 Å². The van der Waals surface area contributed by atoms with Gasteiger partial charge in [0.25, 0.3) is 0 Å². The van der Waals surface area contributed by atoms with Gasteiger partial charge in [-0.3, -0.25) is 0 Å². The summed E-state index contributed by atoms with van der Waals surface area (Å²) in [5.41, 5.74) is 13.7. The number of nitrogens with zero attached hydrogens (tertiary/aromatic N) is 3. The highest BCUT2D eigenvalue weighted by atomic mass is 16.3. The lowest BCUT2D eigenvalue weighted by atomic mass is 9.85. The molecular weight excluding hydrogens is 599 g/mol. The van der Waals surface area contributed by atoms with Gasteiger partial charge in [-0.2, -0.15) is 0 Å². The van der Waals surface area contributed by atoms with E-state index in [1.807, 2.05) is 24.3 Å². The first-order valence-electron chi connectivity index (χ1n) is 16.4. The lowest BCUT2D eigenvalue weighted by molar-refractivity contribution is 0.669. The fraction of sp³-hybridized carbons (Fsp3) is 0. The van der Waals surface area contributed by atoms with E-state index in [1.165, 1.54) is 0 Å². The van der Waals surface area contributed by atoms with Gasteiger partial charge in [0.15, 0.2) is 0 Å². The summed E-state index contributed by atoms with van der Waals surface area (Å²) in [6, 6.07) is 60.8. The molecule has 49 heavy (non-hydrogen) atoms. The predicted octanol–water partition coefficient (Wildman–Crippen LogP) is 11.8. The van der Waals surface area contributed by atoms with Crippen molar-refractivity contribution in [3.8, 4) is 67.0 Å². The molecule has 0 fully saturated rings. The number of hydrogen-bond donors (Lipinski definition) is 0. The predicted molar refractivity (Wildman–Crippen MR) is 200 cm³/mol. The molecule has 0 unspecified atom stereocenters. The number of para-hydroxylation sites is 1. The van der Waals surface area contributed by atoms with Crippen molar-refractivity contribution in [3.63, 3.8) is 0 Å². The standard InChI is InChI=1S/C45H29N3O/c1-4-16-30(17-5-1)33-22-10-12-24-36(33)44-41(32-20-8-3-9-21-32)45(47-48-46-44)37-25-13-11-23-35(37)42-34(31-18-6-2-7-19-31)28-29-40-43(42)38-26-14-15-27-39(38)49-40/h1-29H. The van der Waals surface area contributed by atoms with Gasteiger partial charge in [-0.05, 0) is 50.7 Å². The van der Waals surface area contributed by atoms with E-state index in [9.17, 15) is 0 Å². The van der Waals surface area contributed by atoms with Gasteiger partial charge in [-0.1, -0.05) is 164 Å². The highest BCUT2D eigenvalue weighted by molar-refractivity contribution is 6.17. The Kier molecular flexibility index (Phi) is 7.10. The van der Waals surface area contributed by atoms with Crippen LogP contribution in [0.3, 0.4) is 0 Å². The van der Waals surface area contributed by atoms with Crippen LogP contribution < -0.4 is 0 Å². The highest BCUT2D eigenvalue weighted by Gasteiger charge is 2.25. The number of hydrogen-bond acceptors (Lipinski definition) is 4. The Morgan fingerprint density at radius 1 is 0.327 bits per heavy atom. The molecule has 0 saturated heterocycles. The van der Waals surface area contributed by atoms with Gasteiger partial charge in [0.1, 0.15) is 22.6 Å². The first-order valence-corrected chi connectivity index (χ1v) is 16.4. The summed E-state index contributed by atoms with van der Waals surface area (Å²) < 4.78 is 6.44. The third kappa shape index (κ3) is 4.98. The van der Waals surface area contributed by atoms with Crippen LogP contribution in [0.15, 0.2) is 180 Å². The Balaban J connectivity index is 1.37. The van der Waals surface area contributed by atoms with Crippen molar-refractivity contribution in [1.29, 1.82) is 0 Å². The lowest BCUT2D eigenvalue weighted by Gasteiger charge is -2.19. The molecular formula is C45H29N3O. The van der Waals surface area contributed by atoms with Crippen molar-refractivity contribution in [3.05, 3.63) is 176 Å². The molecule has 0 amide bonds. The van der Waals surface area contributed by atoms with E-state index in [2.05, 4.69) is 157 Å². The third-order valence-corrected chi connectivity index (χ3v) is 9.17. The first-order chi connectivity index (χ1) is 24.3. The molecule has 9 rings (SSSR count). The molecule has 0 radical (unpaired) electrons. The van der Waals surface area contributed by atoms with Gasteiger partial charge < -0.3 is 4.42 Å². The average Bonchev–Trinajstić information content (AvgIpc) is 3.57. The van der Waals surface area contributed by atoms with E-state index < -0.39 is 0 Å². The minimum atomic E-state index is 0.762. The number of benzene rings is 7. The normalized spacial score (nSPS) is 11.3. The van der Waals surface area contributed by atoms with Crippen molar-refractivity contribution >= 4 is 21.9 Å². The van der Waals surface area contributed by atoms with Crippen molar-refractivity contribution in [1.82, 2.24) is 15.4 Å². The summed E-state index contributed by atoms with van der Waals surface area (Å²) in [5, 5.41) is 16.2. The van der Waals surface area contributed by atoms with Crippen LogP contribution in [0.4, 0.5) is 0 Å². The molecule has 0 spiro atoms. The summed E-state index contributed by atoms with van der Waals surface area (Å²) >= 11 is 0. The molecule has 0 N–H and O–H groups in total. The second kappa shape index (κ2) is 12.2. The van der Waals surface area contributed by atoms with E-state index in [-0.39, 0.29) is 0 Å². The Hall–Kier alpha value is -6.65. The fourth-order valence-electron chi connectivity index (χ4n) is 7.00. The van der Waals surface area contributed by atoms with Crippen LogP contribution in [0.2, 0.25) is 0 Å². The van der Waals surface area contributed by atoms with Crippen molar-refractivity contribution in [2.75, 3.05) is 0 Å². The summed E-state index contributed by atoms with van der Waals surface area (Å²) in [7, 11) is 0. The van der Waals surface area contributed by atoms with Gasteiger partial charge in [0.05, 0.1) is 0 Å². The molecule has 0 bridgehead atoms. The second-order valence-corrected chi connectivity index (χ2v) is 12.0. The smallest absolute Gasteiger partial charge is 0.136 e. The zero-order valence-corrected chi connectivity index (χ0v) is 26.5. The molecule has 0 atom stereocenters. The molecule has 2 aromatic heterocycles. The Morgan fingerprint density at radius 3 is 1.47 bits per heavy atom. The molecule has 0 saturated carbocycles. The minimum Gasteiger partial charge on any atom is -0.456 e. The van der Waals surface area contributed by atoms with E-state index in [0.717, 1.165) is 89.0 Å². The molecule has 2 heterocycles. The molecule has 230 valence electrons. The second-order valence-electron chi connectivity index (χ2n) is 12.0. The first kappa shape index (κ1) is 28.6. The monoisotopic (exact) mass is 627 g/mol. The summed E-state index contributed by atoms with van der Waals surface area (Å²) in [6.45, 7) is 0. The van der Waals surface area contributed by atoms with E-state index in [0.29, 0.717) is 0 Å². The zero-order valence-electron chi connectivity index (χ0n) is 26.5. The van der Waals surface area contributed by atoms with Crippen LogP contribution in [0.25, 0.3) is 89.0 Å². The van der Waals surface area contributed by atoms with Crippen molar-refractivity contribution in [2.45, 2.75) is 0 Å². The lowest BCUT2D eigenvalue weighted by Crippen LogP contribution is -2.02. The Morgan fingerprint density at radius 2 is 0.816 bits per heavy atom. The number of fused-ring (bicyclic) bond motifs is 3. The third-order valence-electron chi connectivity index (χ3n) is 9.17. The van der Waals surface area contributed by atoms with Crippen LogP contribution in [0.5, 0.6) is 0 Å². The highest BCUT2D eigenvalue weighted by Crippen LogP contribution is 2.48. The molecule has 4 heteroatoms. The summed E-state index contributed by atoms with van der Waals surface area (Å²) in [6.07, 6.45) is 0. The SMILES string of the molecule is c1ccc(-c2ccccc2-c2nnnc(-c3ccccc3-c3c(-c4ccccc4)ccc4oc5ccccc5c34)c2-c2ccccc2)cc1.